The maximum absolute atomic E-state index is 5.53. The highest BCUT2D eigenvalue weighted by molar-refractivity contribution is 6.30. The van der Waals surface area contributed by atoms with Crippen LogP contribution in [0.2, 0.25) is 0 Å². The van der Waals surface area contributed by atoms with E-state index in [0.29, 0.717) is 5.88 Å². The largest absolute Gasteiger partial charge is 0.122 e. The molecule has 0 aliphatic rings. The molecule has 2 aromatic rings. The predicted molar refractivity (Wildman–Crippen MR) is 75.2 cm³/mol. The third-order valence-corrected chi connectivity index (χ3v) is 2.37. The van der Waals surface area contributed by atoms with Crippen LogP contribution < -0.4 is 0 Å². The number of benzene rings is 2. The van der Waals surface area contributed by atoms with Crippen molar-refractivity contribution in [3.05, 3.63) is 71.8 Å². The lowest BCUT2D eigenvalue weighted by Gasteiger charge is -1.88. The summed E-state index contributed by atoms with van der Waals surface area (Å²) in [5.74, 6) is 3.33. The van der Waals surface area contributed by atoms with Gasteiger partial charge >= 0.3 is 0 Å². The van der Waals surface area contributed by atoms with E-state index in [1.54, 1.807) is 0 Å². The zero-order chi connectivity index (χ0) is 12.3. The molecule has 2 heteroatoms. The Morgan fingerprint density at radius 2 is 1.35 bits per heavy atom. The smallest absolute Gasteiger partial charge is 0.0474 e. The molecule has 0 radical (unpaired) electrons. The summed E-state index contributed by atoms with van der Waals surface area (Å²) < 4.78 is 0. The molecule has 86 valence electrons. The molecule has 0 unspecified atom stereocenters. The average Bonchev–Trinajstić information content (AvgIpc) is 2.42. The molecule has 0 amide bonds. The molecule has 2 rings (SSSR count). The highest BCUT2D eigenvalue weighted by Crippen LogP contribution is 2.00. The molecule has 0 saturated carbocycles. The van der Waals surface area contributed by atoms with E-state index >= 15 is 0 Å². The summed E-state index contributed by atoms with van der Waals surface area (Å²) in [6.07, 6.45) is 0. The lowest BCUT2D eigenvalue weighted by Crippen LogP contribution is -1.71. The van der Waals surface area contributed by atoms with Gasteiger partial charge in [0, 0.05) is 16.8 Å². The Kier molecular flexibility index (Phi) is 6.98. The maximum atomic E-state index is 5.53. The first-order valence-electron chi connectivity index (χ1n) is 5.13. The van der Waals surface area contributed by atoms with E-state index in [-0.39, 0.29) is 0 Å². The van der Waals surface area contributed by atoms with Crippen molar-refractivity contribution < 1.29 is 0 Å². The second-order valence-electron chi connectivity index (χ2n) is 3.20. The molecule has 0 saturated heterocycles. The van der Waals surface area contributed by atoms with Crippen LogP contribution in [-0.4, -0.2) is 0 Å². The highest BCUT2D eigenvalue weighted by Gasteiger charge is 1.81. The minimum Gasteiger partial charge on any atom is -0.122 e. The first kappa shape index (κ1) is 13.6. The Hall–Kier alpha value is -1.42. The molecule has 2 aromatic carbocycles. The van der Waals surface area contributed by atoms with Crippen LogP contribution in [0.4, 0.5) is 0 Å². The first-order chi connectivity index (χ1) is 8.36. The third-order valence-electron chi connectivity index (χ3n) is 1.96. The number of halogens is 2. The molecular weight excluding hydrogens is 251 g/mol. The van der Waals surface area contributed by atoms with Gasteiger partial charge in [0.15, 0.2) is 0 Å². The molecule has 0 fully saturated rings. The average molecular weight is 263 g/mol. The molecule has 0 N–H and O–H groups in total. The Bertz CT molecular complexity index is 467. The van der Waals surface area contributed by atoms with Crippen molar-refractivity contribution >= 4 is 23.2 Å². The molecule has 0 heterocycles. The van der Waals surface area contributed by atoms with Gasteiger partial charge in [0.25, 0.3) is 0 Å². The van der Waals surface area contributed by atoms with Gasteiger partial charge < -0.3 is 0 Å². The van der Waals surface area contributed by atoms with Gasteiger partial charge in [0.05, 0.1) is 0 Å². The summed E-state index contributed by atoms with van der Waals surface area (Å²) in [5.41, 5.74) is 2.13. The summed E-state index contributed by atoms with van der Waals surface area (Å²) in [6, 6.07) is 19.6. The van der Waals surface area contributed by atoms with E-state index in [2.05, 4.69) is 11.3 Å². The van der Waals surface area contributed by atoms with Crippen molar-refractivity contribution in [3.63, 3.8) is 0 Å². The van der Waals surface area contributed by atoms with Crippen LogP contribution in [0.15, 0.2) is 60.7 Å². The molecule has 0 bridgehead atoms. The normalized spacial score (nSPS) is 8.35. The van der Waals surface area contributed by atoms with E-state index < -0.39 is 0 Å². The second kappa shape index (κ2) is 8.70. The summed E-state index contributed by atoms with van der Waals surface area (Å²) in [6.45, 7) is 0. The predicted octanol–water partition coefficient (Wildman–Crippen LogP) is 4.66. The van der Waals surface area contributed by atoms with Crippen LogP contribution in [0.5, 0.6) is 0 Å². The van der Waals surface area contributed by atoms with Crippen molar-refractivity contribution in [1.82, 2.24) is 0 Å². The van der Waals surface area contributed by atoms with Gasteiger partial charge in [0.1, 0.15) is 0 Å². The SMILES string of the molecule is ClC#Cc1ccccc1.ClCc1ccccc1. The molecule has 0 aliphatic heterocycles. The van der Waals surface area contributed by atoms with Gasteiger partial charge in [-0.3, -0.25) is 0 Å². The monoisotopic (exact) mass is 262 g/mol. The Balaban J connectivity index is 0.000000171. The van der Waals surface area contributed by atoms with Crippen molar-refractivity contribution in [2.75, 3.05) is 0 Å². The van der Waals surface area contributed by atoms with E-state index in [0.717, 1.165) is 5.56 Å². The molecule has 0 spiro atoms. The molecule has 0 atom stereocenters. The fraction of sp³-hybridized carbons (Fsp3) is 0.0667. The molecule has 0 aromatic heterocycles. The second-order valence-corrected chi connectivity index (χ2v) is 3.66. The van der Waals surface area contributed by atoms with Crippen molar-refractivity contribution in [2.24, 2.45) is 0 Å². The molecule has 17 heavy (non-hydrogen) atoms. The van der Waals surface area contributed by atoms with Gasteiger partial charge in [0.2, 0.25) is 0 Å². The van der Waals surface area contributed by atoms with Crippen LogP contribution in [0.3, 0.4) is 0 Å². The van der Waals surface area contributed by atoms with Gasteiger partial charge in [-0.05, 0) is 35.2 Å². The van der Waals surface area contributed by atoms with Crippen LogP contribution in [-0.2, 0) is 5.88 Å². The Labute approximate surface area is 112 Å². The van der Waals surface area contributed by atoms with E-state index in [1.807, 2.05) is 60.7 Å². The molecule has 0 aliphatic carbocycles. The Morgan fingerprint density at radius 1 is 0.824 bits per heavy atom. The van der Waals surface area contributed by atoms with Crippen LogP contribution >= 0.6 is 23.2 Å². The lowest BCUT2D eigenvalue weighted by molar-refractivity contribution is 1.41. The number of rotatable bonds is 1. The van der Waals surface area contributed by atoms with Crippen molar-refractivity contribution in [2.45, 2.75) is 5.88 Å². The standard InChI is InChI=1S/C8H5Cl.C7H7Cl/c9-7-6-8-4-2-1-3-5-8;8-6-7-4-2-1-3-5-7/h1-5H;1-5H,6H2. The van der Waals surface area contributed by atoms with Crippen LogP contribution in [0.1, 0.15) is 11.1 Å². The Morgan fingerprint density at radius 3 is 1.76 bits per heavy atom. The summed E-state index contributed by atoms with van der Waals surface area (Å²) >= 11 is 10.7. The first-order valence-corrected chi connectivity index (χ1v) is 6.04. The summed E-state index contributed by atoms with van der Waals surface area (Å²) in [5, 5.41) is 2.31. The zero-order valence-electron chi connectivity index (χ0n) is 9.24. The number of hydrogen-bond acceptors (Lipinski definition) is 0. The molecule has 0 nitrogen and oxygen atoms in total. The van der Waals surface area contributed by atoms with Crippen LogP contribution in [0, 0.1) is 11.3 Å². The van der Waals surface area contributed by atoms with Crippen molar-refractivity contribution in [3.8, 4) is 11.3 Å². The van der Waals surface area contributed by atoms with Gasteiger partial charge in [-0.25, -0.2) is 0 Å². The fourth-order valence-electron chi connectivity index (χ4n) is 1.14. The quantitative estimate of drug-likeness (QED) is 0.518. The lowest BCUT2D eigenvalue weighted by atomic mass is 10.2. The van der Waals surface area contributed by atoms with Gasteiger partial charge in [-0.2, -0.15) is 0 Å². The number of hydrogen-bond donors (Lipinski definition) is 0. The van der Waals surface area contributed by atoms with Crippen molar-refractivity contribution in [1.29, 1.82) is 0 Å². The molecular formula is C15H12Cl2. The van der Waals surface area contributed by atoms with E-state index in [1.165, 1.54) is 5.56 Å². The van der Waals surface area contributed by atoms with E-state index in [9.17, 15) is 0 Å². The van der Waals surface area contributed by atoms with E-state index in [4.69, 9.17) is 23.2 Å². The third kappa shape index (κ3) is 6.02. The number of alkyl halides is 1. The fourth-order valence-corrected chi connectivity index (χ4v) is 1.43. The highest BCUT2D eigenvalue weighted by atomic mass is 35.5. The van der Waals surface area contributed by atoms with Gasteiger partial charge in [-0.15, -0.1) is 11.6 Å². The van der Waals surface area contributed by atoms with Crippen LogP contribution in [0.25, 0.3) is 0 Å². The minimum absolute atomic E-state index is 0.612. The maximum Gasteiger partial charge on any atom is 0.0474 e. The topological polar surface area (TPSA) is 0 Å². The zero-order valence-corrected chi connectivity index (χ0v) is 10.7. The minimum atomic E-state index is 0.612. The summed E-state index contributed by atoms with van der Waals surface area (Å²) in [7, 11) is 0. The van der Waals surface area contributed by atoms with Gasteiger partial charge in [-0.1, -0.05) is 48.5 Å². The summed E-state index contributed by atoms with van der Waals surface area (Å²) in [4.78, 5) is 0.